The second kappa shape index (κ2) is 12.3. The molecule has 0 unspecified atom stereocenters. The molecule has 1 rings (SSSR count). The van der Waals surface area contributed by atoms with Gasteiger partial charge in [-0.2, -0.15) is 0 Å². The highest BCUT2D eigenvalue weighted by molar-refractivity contribution is 14.0. The number of aliphatic imine (C=N–C) groups is 1. The summed E-state index contributed by atoms with van der Waals surface area (Å²) in [5, 5.41) is 6.50. The van der Waals surface area contributed by atoms with E-state index < -0.39 is 0 Å². The normalized spacial score (nSPS) is 10.6. The molecule has 0 atom stereocenters. The third kappa shape index (κ3) is 8.86. The molecule has 124 valence electrons. The molecule has 6 heteroatoms. The number of nitrogens with one attached hydrogen (secondary N) is 2. The molecule has 0 radical (unpaired) electrons. The first-order valence-corrected chi connectivity index (χ1v) is 7.22. The number of guanidine groups is 1. The maximum Gasteiger partial charge on any atom is 0.305 e. The van der Waals surface area contributed by atoms with Crippen LogP contribution in [0.5, 0.6) is 0 Å². The van der Waals surface area contributed by atoms with Gasteiger partial charge < -0.3 is 15.4 Å². The van der Waals surface area contributed by atoms with Crippen molar-refractivity contribution in [3.05, 3.63) is 35.4 Å². The second-order valence-corrected chi connectivity index (χ2v) is 4.87. The fraction of sp³-hybridized carbons (Fsp3) is 0.500. The van der Waals surface area contributed by atoms with E-state index in [2.05, 4.69) is 51.6 Å². The molecular formula is C16H26IN3O2. The zero-order chi connectivity index (χ0) is 15.5. The van der Waals surface area contributed by atoms with E-state index in [-0.39, 0.29) is 29.9 Å². The number of carbonyl (C=O) groups is 1. The first-order valence-electron chi connectivity index (χ1n) is 7.22. The molecule has 0 bridgehead atoms. The highest BCUT2D eigenvalue weighted by atomic mass is 127. The van der Waals surface area contributed by atoms with Crippen molar-refractivity contribution in [2.75, 3.05) is 20.7 Å². The molecule has 22 heavy (non-hydrogen) atoms. The Morgan fingerprint density at radius 2 is 2.05 bits per heavy atom. The lowest BCUT2D eigenvalue weighted by molar-refractivity contribution is -0.140. The van der Waals surface area contributed by atoms with Crippen LogP contribution in [0.3, 0.4) is 0 Å². The Kier molecular flexibility index (Phi) is 11.5. The lowest BCUT2D eigenvalue weighted by atomic mass is 10.1. The minimum Gasteiger partial charge on any atom is -0.469 e. The van der Waals surface area contributed by atoms with Crippen LogP contribution in [-0.2, 0) is 16.1 Å². The maximum absolute atomic E-state index is 11.0. The number of aryl methyl sites for hydroxylation is 1. The van der Waals surface area contributed by atoms with E-state index in [1.807, 2.05) is 0 Å². The highest BCUT2D eigenvalue weighted by Crippen LogP contribution is 2.03. The molecule has 0 amide bonds. The van der Waals surface area contributed by atoms with Gasteiger partial charge in [0.1, 0.15) is 0 Å². The summed E-state index contributed by atoms with van der Waals surface area (Å²) in [7, 11) is 3.16. The van der Waals surface area contributed by atoms with E-state index in [1.165, 1.54) is 18.2 Å². The van der Waals surface area contributed by atoms with Gasteiger partial charge in [0.25, 0.3) is 0 Å². The van der Waals surface area contributed by atoms with Crippen LogP contribution >= 0.6 is 24.0 Å². The van der Waals surface area contributed by atoms with Crippen molar-refractivity contribution in [2.45, 2.75) is 32.7 Å². The summed E-state index contributed by atoms with van der Waals surface area (Å²) in [5.74, 6) is 0.617. The third-order valence-electron chi connectivity index (χ3n) is 3.09. The molecule has 0 saturated carbocycles. The van der Waals surface area contributed by atoms with Gasteiger partial charge in [-0.15, -0.1) is 24.0 Å². The predicted octanol–water partition coefficient (Wildman–Crippen LogP) is 2.62. The Morgan fingerprint density at radius 3 is 2.68 bits per heavy atom. The average molecular weight is 419 g/mol. The number of hydrogen-bond donors (Lipinski definition) is 2. The van der Waals surface area contributed by atoms with Crippen LogP contribution in [0.1, 0.15) is 30.4 Å². The SMILES string of the molecule is CN=C(NCCCCC(=O)OC)NCc1cccc(C)c1.I. The van der Waals surface area contributed by atoms with Gasteiger partial charge in [-0.25, -0.2) is 0 Å². The molecular weight excluding hydrogens is 393 g/mol. The summed E-state index contributed by atoms with van der Waals surface area (Å²) in [6.07, 6.45) is 2.18. The number of ether oxygens (including phenoxy) is 1. The minimum absolute atomic E-state index is 0. The van der Waals surface area contributed by atoms with Crippen molar-refractivity contribution < 1.29 is 9.53 Å². The standard InChI is InChI=1S/C16H25N3O2.HI/c1-13-7-6-8-14(11-13)12-19-16(17-2)18-10-5-4-9-15(20)21-3;/h6-8,11H,4-5,9-10,12H2,1-3H3,(H2,17,18,19);1H. The summed E-state index contributed by atoms with van der Waals surface area (Å²) in [5.41, 5.74) is 2.48. The quantitative estimate of drug-likeness (QED) is 0.235. The van der Waals surface area contributed by atoms with Gasteiger partial charge in [0.15, 0.2) is 5.96 Å². The molecule has 0 heterocycles. The average Bonchev–Trinajstić information content (AvgIpc) is 2.49. The Hall–Kier alpha value is -1.31. The number of methoxy groups -OCH3 is 1. The van der Waals surface area contributed by atoms with Crippen LogP contribution in [0.2, 0.25) is 0 Å². The number of benzene rings is 1. The van der Waals surface area contributed by atoms with Crippen LogP contribution in [0.25, 0.3) is 0 Å². The van der Waals surface area contributed by atoms with Gasteiger partial charge in [-0.3, -0.25) is 9.79 Å². The summed E-state index contributed by atoms with van der Waals surface area (Å²) < 4.78 is 4.60. The zero-order valence-corrected chi connectivity index (χ0v) is 15.8. The largest absolute Gasteiger partial charge is 0.469 e. The number of rotatable bonds is 7. The molecule has 2 N–H and O–H groups in total. The zero-order valence-electron chi connectivity index (χ0n) is 13.5. The van der Waals surface area contributed by atoms with Gasteiger partial charge in [-0.05, 0) is 25.3 Å². The van der Waals surface area contributed by atoms with Crippen LogP contribution in [0.4, 0.5) is 0 Å². The Morgan fingerprint density at radius 1 is 1.27 bits per heavy atom. The third-order valence-corrected chi connectivity index (χ3v) is 3.09. The van der Waals surface area contributed by atoms with E-state index >= 15 is 0 Å². The molecule has 0 spiro atoms. The van der Waals surface area contributed by atoms with Gasteiger partial charge in [0.2, 0.25) is 0 Å². The first kappa shape index (κ1) is 20.7. The van der Waals surface area contributed by atoms with E-state index in [0.29, 0.717) is 6.42 Å². The monoisotopic (exact) mass is 419 g/mol. The molecule has 0 aliphatic rings. The molecule has 0 saturated heterocycles. The lowest BCUT2D eigenvalue weighted by Crippen LogP contribution is -2.37. The first-order chi connectivity index (χ1) is 10.2. The van der Waals surface area contributed by atoms with Crippen molar-refractivity contribution in [3.8, 4) is 0 Å². The summed E-state index contributed by atoms with van der Waals surface area (Å²) in [4.78, 5) is 15.2. The van der Waals surface area contributed by atoms with Gasteiger partial charge in [-0.1, -0.05) is 29.8 Å². The second-order valence-electron chi connectivity index (χ2n) is 4.87. The van der Waals surface area contributed by atoms with E-state index in [9.17, 15) is 4.79 Å². The highest BCUT2D eigenvalue weighted by Gasteiger charge is 2.01. The van der Waals surface area contributed by atoms with Crippen LogP contribution in [-0.4, -0.2) is 32.6 Å². The minimum atomic E-state index is -0.156. The number of unbranched alkanes of at least 4 members (excludes halogenated alkanes) is 1. The molecule has 5 nitrogen and oxygen atoms in total. The number of carbonyl (C=O) groups excluding carboxylic acids is 1. The van der Waals surface area contributed by atoms with Crippen LogP contribution < -0.4 is 10.6 Å². The van der Waals surface area contributed by atoms with Gasteiger partial charge >= 0.3 is 5.97 Å². The fourth-order valence-corrected chi connectivity index (χ4v) is 1.93. The summed E-state index contributed by atoms with van der Waals surface area (Å²) >= 11 is 0. The van der Waals surface area contributed by atoms with Crippen molar-refractivity contribution in [1.29, 1.82) is 0 Å². The Bertz CT molecular complexity index is 478. The fourth-order valence-electron chi connectivity index (χ4n) is 1.93. The lowest BCUT2D eigenvalue weighted by Gasteiger charge is -2.12. The number of hydrogen-bond acceptors (Lipinski definition) is 3. The number of halogens is 1. The van der Waals surface area contributed by atoms with Crippen molar-refractivity contribution in [1.82, 2.24) is 10.6 Å². The topological polar surface area (TPSA) is 62.7 Å². The molecule has 0 aliphatic carbocycles. The number of esters is 1. The predicted molar refractivity (Wildman–Crippen MR) is 101 cm³/mol. The molecule has 1 aromatic rings. The molecule has 0 aliphatic heterocycles. The molecule has 0 aromatic heterocycles. The van der Waals surface area contributed by atoms with Crippen LogP contribution in [0.15, 0.2) is 29.3 Å². The van der Waals surface area contributed by atoms with Crippen molar-refractivity contribution in [2.24, 2.45) is 4.99 Å². The smallest absolute Gasteiger partial charge is 0.305 e. The van der Waals surface area contributed by atoms with Crippen molar-refractivity contribution >= 4 is 35.9 Å². The van der Waals surface area contributed by atoms with Crippen LogP contribution in [0, 0.1) is 6.92 Å². The van der Waals surface area contributed by atoms with Crippen molar-refractivity contribution in [3.63, 3.8) is 0 Å². The van der Waals surface area contributed by atoms with E-state index in [4.69, 9.17) is 0 Å². The Labute approximate surface area is 149 Å². The maximum atomic E-state index is 11.0. The summed E-state index contributed by atoms with van der Waals surface area (Å²) in [6, 6.07) is 8.37. The number of nitrogens with zero attached hydrogens (tertiary/aromatic N) is 1. The Balaban J connectivity index is 0.00000441. The molecule has 1 aromatic carbocycles. The van der Waals surface area contributed by atoms with E-state index in [0.717, 1.165) is 31.9 Å². The van der Waals surface area contributed by atoms with Gasteiger partial charge in [0.05, 0.1) is 7.11 Å². The van der Waals surface area contributed by atoms with Gasteiger partial charge in [0, 0.05) is 26.6 Å². The van der Waals surface area contributed by atoms with E-state index in [1.54, 1.807) is 7.05 Å². The summed E-state index contributed by atoms with van der Waals surface area (Å²) in [6.45, 7) is 3.60. The molecule has 0 fully saturated rings.